The Morgan fingerprint density at radius 3 is 2.47 bits per heavy atom. The van der Waals surface area contributed by atoms with Crippen LogP contribution < -0.4 is 5.73 Å². The summed E-state index contributed by atoms with van der Waals surface area (Å²) in [5.74, 6) is -0.302. The lowest BCUT2D eigenvalue weighted by atomic mass is 9.96. The molecular weight excluding hydrogens is 244 g/mol. The van der Waals surface area contributed by atoms with Gasteiger partial charge >= 0.3 is 5.97 Å². The van der Waals surface area contributed by atoms with E-state index in [1.165, 1.54) is 0 Å². The van der Waals surface area contributed by atoms with Crippen molar-refractivity contribution in [3.63, 3.8) is 0 Å². The Morgan fingerprint density at radius 1 is 1.26 bits per heavy atom. The van der Waals surface area contributed by atoms with Gasteiger partial charge in [-0.25, -0.2) is 0 Å². The first-order chi connectivity index (χ1) is 8.94. The highest BCUT2D eigenvalue weighted by molar-refractivity contribution is 5.79. The predicted molar refractivity (Wildman–Crippen MR) is 77.1 cm³/mol. The van der Waals surface area contributed by atoms with Gasteiger partial charge in [0.2, 0.25) is 0 Å². The number of hydrogen-bond acceptors (Lipinski definition) is 5. The smallest absolute Gasteiger partial charge is 0.325 e. The molecule has 0 aliphatic rings. The van der Waals surface area contributed by atoms with Crippen LogP contribution in [0.1, 0.15) is 39.5 Å². The highest BCUT2D eigenvalue weighted by atomic mass is 16.5. The summed E-state index contributed by atoms with van der Waals surface area (Å²) >= 11 is 0. The summed E-state index contributed by atoms with van der Waals surface area (Å²) in [6.07, 6.45) is 3.68. The number of nitrogens with two attached hydrogens (primary N) is 1. The molecule has 0 amide bonds. The van der Waals surface area contributed by atoms with Gasteiger partial charge in [0.15, 0.2) is 0 Å². The lowest BCUT2D eigenvalue weighted by Gasteiger charge is -2.23. The van der Waals surface area contributed by atoms with E-state index in [1.807, 2.05) is 0 Å². The van der Waals surface area contributed by atoms with E-state index in [1.54, 1.807) is 21.0 Å². The molecule has 0 aromatic rings. The van der Waals surface area contributed by atoms with Gasteiger partial charge in [0, 0.05) is 20.3 Å². The Balaban J connectivity index is 3.69. The van der Waals surface area contributed by atoms with E-state index < -0.39 is 5.54 Å². The fraction of sp³-hybridized carbons (Fsp3) is 0.929. The zero-order valence-electron chi connectivity index (χ0n) is 12.9. The molecule has 0 fully saturated rings. The number of hydrogen-bond donors (Lipinski definition) is 1. The van der Waals surface area contributed by atoms with Gasteiger partial charge in [-0.3, -0.25) is 4.79 Å². The molecule has 0 aliphatic heterocycles. The summed E-state index contributed by atoms with van der Waals surface area (Å²) in [6, 6.07) is 0. The van der Waals surface area contributed by atoms with Crippen LogP contribution in [0.3, 0.4) is 0 Å². The van der Waals surface area contributed by atoms with E-state index in [-0.39, 0.29) is 5.97 Å². The molecule has 1 unspecified atom stereocenters. The molecule has 0 aromatic heterocycles. The number of rotatable bonds is 11. The quantitative estimate of drug-likeness (QED) is 0.456. The fourth-order valence-corrected chi connectivity index (χ4v) is 1.86. The molecule has 0 saturated heterocycles. The second-order valence-electron chi connectivity index (χ2n) is 5.24. The molecule has 2 N–H and O–H groups in total. The molecule has 0 saturated carbocycles. The molecular formula is C14H30N2O3. The molecule has 0 spiro atoms. The molecule has 0 bridgehead atoms. The predicted octanol–water partition coefficient (Wildman–Crippen LogP) is 1.41. The molecule has 0 radical (unpaired) electrons. The second-order valence-corrected chi connectivity index (χ2v) is 5.24. The van der Waals surface area contributed by atoms with Crippen molar-refractivity contribution in [2.45, 2.75) is 45.1 Å². The number of nitrogens with zero attached hydrogens (tertiary/aromatic N) is 1. The molecule has 0 aliphatic carbocycles. The van der Waals surface area contributed by atoms with Gasteiger partial charge in [-0.1, -0.05) is 0 Å². The van der Waals surface area contributed by atoms with E-state index in [2.05, 4.69) is 11.9 Å². The third kappa shape index (κ3) is 8.97. The second kappa shape index (κ2) is 10.2. The van der Waals surface area contributed by atoms with Crippen LogP contribution in [0.25, 0.3) is 0 Å². The van der Waals surface area contributed by atoms with Crippen molar-refractivity contribution in [1.82, 2.24) is 4.90 Å². The van der Waals surface area contributed by atoms with Gasteiger partial charge in [-0.15, -0.1) is 0 Å². The van der Waals surface area contributed by atoms with Crippen LogP contribution in [-0.2, 0) is 14.3 Å². The first kappa shape index (κ1) is 18.4. The first-order valence-corrected chi connectivity index (χ1v) is 7.07. The zero-order chi connectivity index (χ0) is 14.7. The van der Waals surface area contributed by atoms with Gasteiger partial charge in [-0.05, 0) is 53.1 Å². The van der Waals surface area contributed by atoms with Gasteiger partial charge in [0.25, 0.3) is 0 Å². The van der Waals surface area contributed by atoms with E-state index in [0.29, 0.717) is 13.0 Å². The Labute approximate surface area is 117 Å². The highest BCUT2D eigenvalue weighted by Gasteiger charge is 2.28. The minimum Gasteiger partial charge on any atom is -0.465 e. The molecule has 0 rings (SSSR count). The number of methoxy groups -OCH3 is 1. The summed E-state index contributed by atoms with van der Waals surface area (Å²) in [5, 5.41) is 0. The maximum Gasteiger partial charge on any atom is 0.325 e. The van der Waals surface area contributed by atoms with Crippen LogP contribution in [-0.4, -0.2) is 56.9 Å². The number of esters is 1. The zero-order valence-corrected chi connectivity index (χ0v) is 12.9. The van der Waals surface area contributed by atoms with E-state index >= 15 is 0 Å². The lowest BCUT2D eigenvalue weighted by Crippen LogP contribution is -2.46. The van der Waals surface area contributed by atoms with Gasteiger partial charge in [-0.2, -0.15) is 0 Å². The molecule has 5 nitrogen and oxygen atoms in total. The summed E-state index contributed by atoms with van der Waals surface area (Å²) in [6.45, 7) is 6.77. The summed E-state index contributed by atoms with van der Waals surface area (Å²) in [7, 11) is 3.82. The average Bonchev–Trinajstić information content (AvgIpc) is 2.35. The van der Waals surface area contributed by atoms with Gasteiger partial charge in [0.05, 0.1) is 6.61 Å². The molecule has 1 atom stereocenters. The Morgan fingerprint density at radius 2 is 1.89 bits per heavy atom. The number of ether oxygens (including phenoxy) is 2. The van der Waals surface area contributed by atoms with Crippen molar-refractivity contribution in [3.05, 3.63) is 0 Å². The lowest BCUT2D eigenvalue weighted by molar-refractivity contribution is -0.149. The van der Waals surface area contributed by atoms with Crippen LogP contribution in [0.5, 0.6) is 0 Å². The Bertz CT molecular complexity index is 245. The van der Waals surface area contributed by atoms with Crippen LogP contribution in [0.15, 0.2) is 0 Å². The van der Waals surface area contributed by atoms with Crippen LogP contribution in [0.2, 0.25) is 0 Å². The first-order valence-electron chi connectivity index (χ1n) is 7.07. The average molecular weight is 274 g/mol. The van der Waals surface area contributed by atoms with Crippen LogP contribution >= 0.6 is 0 Å². The summed E-state index contributed by atoms with van der Waals surface area (Å²) in [5.41, 5.74) is 5.10. The standard InChI is InChI=1S/C14H30N2O3/c1-5-19-13(17)14(2,15)9-6-7-10-16(3)11-8-12-18-4/h5-12,15H2,1-4H3. The van der Waals surface area contributed by atoms with Crippen LogP contribution in [0.4, 0.5) is 0 Å². The van der Waals surface area contributed by atoms with Crippen molar-refractivity contribution in [2.75, 3.05) is 40.5 Å². The minimum absolute atomic E-state index is 0.302. The Kier molecular flexibility index (Phi) is 9.83. The normalized spacial score (nSPS) is 14.4. The minimum atomic E-state index is -0.857. The van der Waals surface area contributed by atoms with E-state index in [9.17, 15) is 4.79 Å². The molecule has 114 valence electrons. The maximum atomic E-state index is 11.6. The molecule has 5 heteroatoms. The SMILES string of the molecule is CCOC(=O)C(C)(N)CCCCN(C)CCCOC. The third-order valence-electron chi connectivity index (χ3n) is 3.12. The van der Waals surface area contributed by atoms with E-state index in [0.717, 1.165) is 39.0 Å². The summed E-state index contributed by atoms with van der Waals surface area (Å²) < 4.78 is 9.98. The highest BCUT2D eigenvalue weighted by Crippen LogP contribution is 2.13. The van der Waals surface area contributed by atoms with Crippen molar-refractivity contribution in [2.24, 2.45) is 5.73 Å². The monoisotopic (exact) mass is 274 g/mol. The Hall–Kier alpha value is -0.650. The van der Waals surface area contributed by atoms with Crippen molar-refractivity contribution in [3.8, 4) is 0 Å². The van der Waals surface area contributed by atoms with Crippen molar-refractivity contribution < 1.29 is 14.3 Å². The van der Waals surface area contributed by atoms with E-state index in [4.69, 9.17) is 15.2 Å². The topological polar surface area (TPSA) is 64.8 Å². The largest absolute Gasteiger partial charge is 0.465 e. The number of unbranched alkanes of at least 4 members (excludes halogenated alkanes) is 1. The van der Waals surface area contributed by atoms with Crippen molar-refractivity contribution in [1.29, 1.82) is 0 Å². The molecule has 0 aromatic carbocycles. The van der Waals surface area contributed by atoms with Gasteiger partial charge < -0.3 is 20.1 Å². The fourth-order valence-electron chi connectivity index (χ4n) is 1.86. The van der Waals surface area contributed by atoms with Crippen molar-refractivity contribution >= 4 is 5.97 Å². The van der Waals surface area contributed by atoms with Gasteiger partial charge in [0.1, 0.15) is 5.54 Å². The summed E-state index contributed by atoms with van der Waals surface area (Å²) in [4.78, 5) is 13.9. The van der Waals surface area contributed by atoms with Crippen LogP contribution in [0, 0.1) is 0 Å². The third-order valence-corrected chi connectivity index (χ3v) is 3.12. The number of carbonyl (C=O) groups excluding carboxylic acids is 1. The molecule has 19 heavy (non-hydrogen) atoms. The number of carbonyl (C=O) groups is 1. The maximum absolute atomic E-state index is 11.6. The molecule has 0 heterocycles.